The van der Waals surface area contributed by atoms with E-state index >= 15 is 0 Å². The van der Waals surface area contributed by atoms with E-state index in [0.29, 0.717) is 12.3 Å². The molecular formula is C20H20N2OS. The number of fused-ring (bicyclic) bond motifs is 1. The Morgan fingerprint density at radius 3 is 2.67 bits per heavy atom. The lowest BCUT2D eigenvalue weighted by atomic mass is 10.1. The molecule has 0 radical (unpaired) electrons. The Morgan fingerprint density at radius 1 is 1.08 bits per heavy atom. The second-order valence-electron chi connectivity index (χ2n) is 5.86. The van der Waals surface area contributed by atoms with Crippen LogP contribution in [0.25, 0.3) is 10.9 Å². The Hall–Kier alpha value is -2.33. The molecule has 0 aliphatic carbocycles. The number of amides is 1. The van der Waals surface area contributed by atoms with Crippen LogP contribution in [0.5, 0.6) is 0 Å². The van der Waals surface area contributed by atoms with Gasteiger partial charge in [0.25, 0.3) is 0 Å². The van der Waals surface area contributed by atoms with E-state index in [0.717, 1.165) is 27.1 Å². The second-order valence-corrected chi connectivity index (χ2v) is 6.82. The van der Waals surface area contributed by atoms with Crippen LogP contribution in [-0.4, -0.2) is 16.6 Å². The van der Waals surface area contributed by atoms with Crippen molar-refractivity contribution >= 4 is 28.6 Å². The van der Waals surface area contributed by atoms with E-state index < -0.39 is 0 Å². The molecule has 1 heterocycles. The number of hydrogen-bond donors (Lipinski definition) is 1. The van der Waals surface area contributed by atoms with Crippen molar-refractivity contribution in [1.82, 2.24) is 10.3 Å². The van der Waals surface area contributed by atoms with Crippen LogP contribution in [0.2, 0.25) is 0 Å². The number of nitrogens with zero attached hydrogens (tertiary/aromatic N) is 1. The van der Waals surface area contributed by atoms with E-state index in [1.54, 1.807) is 0 Å². The summed E-state index contributed by atoms with van der Waals surface area (Å²) in [5, 5.41) is 5.01. The lowest BCUT2D eigenvalue weighted by molar-refractivity contribution is -0.118. The van der Waals surface area contributed by atoms with Crippen LogP contribution in [0.4, 0.5) is 0 Å². The first-order chi connectivity index (χ1) is 11.6. The highest BCUT2D eigenvalue weighted by atomic mass is 32.2. The third-order valence-corrected chi connectivity index (χ3v) is 4.88. The molecule has 1 amide bonds. The molecule has 0 atom stereocenters. The zero-order valence-corrected chi connectivity index (χ0v) is 14.7. The van der Waals surface area contributed by atoms with Gasteiger partial charge in [-0.15, -0.1) is 0 Å². The average Bonchev–Trinajstić information content (AvgIpc) is 2.59. The molecular weight excluding hydrogens is 316 g/mol. The van der Waals surface area contributed by atoms with E-state index in [1.807, 2.05) is 43.3 Å². The van der Waals surface area contributed by atoms with Crippen molar-refractivity contribution in [1.29, 1.82) is 0 Å². The van der Waals surface area contributed by atoms with Gasteiger partial charge in [-0.25, -0.2) is 4.98 Å². The molecule has 2 aromatic carbocycles. The number of rotatable bonds is 5. The van der Waals surface area contributed by atoms with Crippen LogP contribution in [0.1, 0.15) is 16.7 Å². The number of nitrogens with one attached hydrogen (secondary N) is 1. The van der Waals surface area contributed by atoms with Crippen molar-refractivity contribution in [3.8, 4) is 0 Å². The number of thioether (sulfide) groups is 1. The van der Waals surface area contributed by atoms with Gasteiger partial charge in [0, 0.05) is 11.9 Å². The number of carbonyl (C=O) groups excluding carboxylic acids is 1. The molecule has 24 heavy (non-hydrogen) atoms. The molecule has 3 aromatic rings. The standard InChI is InChI=1S/C20H20N2OS/c1-14-8-9-18-17(10-14)11-15(2)20(22-18)24-13-19(23)21-12-16-6-4-3-5-7-16/h3-11H,12-13H2,1-2H3,(H,21,23). The van der Waals surface area contributed by atoms with Crippen LogP contribution >= 0.6 is 11.8 Å². The minimum absolute atomic E-state index is 0.0223. The second kappa shape index (κ2) is 7.49. The van der Waals surface area contributed by atoms with Crippen LogP contribution in [-0.2, 0) is 11.3 Å². The van der Waals surface area contributed by atoms with Gasteiger partial charge in [-0.3, -0.25) is 4.79 Å². The summed E-state index contributed by atoms with van der Waals surface area (Å²) in [6, 6.07) is 18.3. The van der Waals surface area contributed by atoms with E-state index in [9.17, 15) is 4.79 Å². The molecule has 0 saturated carbocycles. The SMILES string of the molecule is Cc1ccc2nc(SCC(=O)NCc3ccccc3)c(C)cc2c1. The summed E-state index contributed by atoms with van der Waals surface area (Å²) in [5.41, 5.74) is 4.41. The fourth-order valence-corrected chi connectivity index (χ4v) is 3.33. The lowest BCUT2D eigenvalue weighted by Gasteiger charge is -2.08. The summed E-state index contributed by atoms with van der Waals surface area (Å²) in [6.07, 6.45) is 0. The molecule has 0 aliphatic heterocycles. The first-order valence-electron chi connectivity index (χ1n) is 7.93. The van der Waals surface area contributed by atoms with Gasteiger partial charge in [-0.2, -0.15) is 0 Å². The van der Waals surface area contributed by atoms with Crippen molar-refractivity contribution in [2.24, 2.45) is 0 Å². The molecule has 0 aliphatic rings. The van der Waals surface area contributed by atoms with E-state index in [4.69, 9.17) is 0 Å². The van der Waals surface area contributed by atoms with Crippen molar-refractivity contribution in [2.45, 2.75) is 25.4 Å². The maximum Gasteiger partial charge on any atom is 0.230 e. The summed E-state index contributed by atoms with van der Waals surface area (Å²) in [4.78, 5) is 16.7. The van der Waals surface area contributed by atoms with Crippen molar-refractivity contribution in [3.05, 3.63) is 71.3 Å². The molecule has 0 bridgehead atoms. The van der Waals surface area contributed by atoms with Gasteiger partial charge < -0.3 is 5.32 Å². The minimum Gasteiger partial charge on any atom is -0.351 e. The van der Waals surface area contributed by atoms with Crippen LogP contribution in [0.3, 0.4) is 0 Å². The van der Waals surface area contributed by atoms with Crippen molar-refractivity contribution in [3.63, 3.8) is 0 Å². The highest BCUT2D eigenvalue weighted by Gasteiger charge is 2.08. The molecule has 0 unspecified atom stereocenters. The summed E-state index contributed by atoms with van der Waals surface area (Å²) in [7, 11) is 0. The zero-order chi connectivity index (χ0) is 16.9. The van der Waals surface area contributed by atoms with Gasteiger partial charge in [0.2, 0.25) is 5.91 Å². The van der Waals surface area contributed by atoms with Crippen LogP contribution in [0.15, 0.2) is 59.6 Å². The lowest BCUT2D eigenvalue weighted by Crippen LogP contribution is -2.24. The van der Waals surface area contributed by atoms with E-state index in [1.165, 1.54) is 17.3 Å². The Labute approximate surface area is 146 Å². The molecule has 1 N–H and O–H groups in total. The molecule has 122 valence electrons. The van der Waals surface area contributed by atoms with Gasteiger partial charge in [0.1, 0.15) is 5.03 Å². The molecule has 0 fully saturated rings. The van der Waals surface area contributed by atoms with Crippen molar-refractivity contribution < 1.29 is 4.79 Å². The Bertz CT molecular complexity index is 862. The third-order valence-electron chi connectivity index (χ3n) is 3.79. The number of aryl methyl sites for hydroxylation is 2. The number of benzene rings is 2. The minimum atomic E-state index is 0.0223. The number of hydrogen-bond acceptors (Lipinski definition) is 3. The van der Waals surface area contributed by atoms with Gasteiger partial charge in [0.05, 0.1) is 11.3 Å². The van der Waals surface area contributed by atoms with Gasteiger partial charge >= 0.3 is 0 Å². The quantitative estimate of drug-likeness (QED) is 0.708. The number of pyridine rings is 1. The smallest absolute Gasteiger partial charge is 0.230 e. The normalized spacial score (nSPS) is 10.8. The van der Waals surface area contributed by atoms with Gasteiger partial charge in [-0.05, 0) is 43.2 Å². The molecule has 0 saturated heterocycles. The number of aromatic nitrogens is 1. The topological polar surface area (TPSA) is 42.0 Å². The Balaban J connectivity index is 1.61. The summed E-state index contributed by atoms with van der Waals surface area (Å²) in [5.74, 6) is 0.395. The highest BCUT2D eigenvalue weighted by molar-refractivity contribution is 7.99. The largest absolute Gasteiger partial charge is 0.351 e. The zero-order valence-electron chi connectivity index (χ0n) is 13.9. The molecule has 3 nitrogen and oxygen atoms in total. The fraction of sp³-hybridized carbons (Fsp3) is 0.200. The first-order valence-corrected chi connectivity index (χ1v) is 8.92. The Kier molecular flexibility index (Phi) is 5.16. The maximum atomic E-state index is 12.0. The van der Waals surface area contributed by atoms with E-state index in [-0.39, 0.29) is 5.91 Å². The third kappa shape index (κ3) is 4.15. The van der Waals surface area contributed by atoms with E-state index in [2.05, 4.69) is 35.4 Å². The molecule has 3 rings (SSSR count). The predicted octanol–water partition coefficient (Wildman–Crippen LogP) is 4.26. The molecule has 4 heteroatoms. The van der Waals surface area contributed by atoms with Crippen LogP contribution in [0, 0.1) is 13.8 Å². The summed E-state index contributed by atoms with van der Waals surface area (Å²) in [6.45, 7) is 4.68. The van der Waals surface area contributed by atoms with Gasteiger partial charge in [0.15, 0.2) is 0 Å². The Morgan fingerprint density at radius 2 is 1.88 bits per heavy atom. The van der Waals surface area contributed by atoms with Crippen molar-refractivity contribution in [2.75, 3.05) is 5.75 Å². The predicted molar refractivity (Wildman–Crippen MR) is 100 cm³/mol. The first kappa shape index (κ1) is 16.5. The van der Waals surface area contributed by atoms with Gasteiger partial charge in [-0.1, -0.05) is 53.7 Å². The maximum absolute atomic E-state index is 12.0. The molecule has 0 spiro atoms. The highest BCUT2D eigenvalue weighted by Crippen LogP contribution is 2.24. The average molecular weight is 336 g/mol. The van der Waals surface area contributed by atoms with Crippen LogP contribution < -0.4 is 5.32 Å². The molecule has 1 aromatic heterocycles. The fourth-order valence-electron chi connectivity index (χ4n) is 2.51. The summed E-state index contributed by atoms with van der Waals surface area (Å²) >= 11 is 1.49. The number of carbonyl (C=O) groups is 1. The monoisotopic (exact) mass is 336 g/mol. The summed E-state index contributed by atoms with van der Waals surface area (Å²) < 4.78 is 0.